The Morgan fingerprint density at radius 1 is 1.26 bits per heavy atom. The number of amides is 2. The molecule has 2 aromatic rings. The minimum atomic E-state index is -0.0500. The maximum absolute atomic E-state index is 12.9. The Labute approximate surface area is 161 Å². The van der Waals surface area contributed by atoms with Gasteiger partial charge in [0, 0.05) is 25.8 Å². The summed E-state index contributed by atoms with van der Waals surface area (Å²) in [4.78, 5) is 21.3. The second kappa shape index (κ2) is 9.37. The van der Waals surface area contributed by atoms with Crippen molar-refractivity contribution in [1.82, 2.24) is 20.1 Å². The van der Waals surface area contributed by atoms with Crippen LogP contribution in [0, 0.1) is 5.92 Å². The standard InChI is InChI=1S/C21H28N4O2/c1-24-12-10-18(14-24)13-23-21(26)25(16-19-5-3-4-11-22-19)15-17-6-8-20(27-2)9-7-17/h3-9,11,18H,10,12-16H2,1-2H3,(H,23,26)/t18-/m0/s1. The van der Waals surface area contributed by atoms with Crippen molar-refractivity contribution in [2.24, 2.45) is 5.92 Å². The zero-order valence-electron chi connectivity index (χ0n) is 16.1. The maximum Gasteiger partial charge on any atom is 0.318 e. The summed E-state index contributed by atoms with van der Waals surface area (Å²) < 4.78 is 5.21. The van der Waals surface area contributed by atoms with Crippen LogP contribution < -0.4 is 10.1 Å². The van der Waals surface area contributed by atoms with E-state index in [1.54, 1.807) is 13.3 Å². The number of aromatic nitrogens is 1. The lowest BCUT2D eigenvalue weighted by Gasteiger charge is -2.24. The molecule has 144 valence electrons. The summed E-state index contributed by atoms with van der Waals surface area (Å²) in [6, 6.07) is 13.5. The lowest BCUT2D eigenvalue weighted by atomic mass is 10.1. The van der Waals surface area contributed by atoms with Gasteiger partial charge in [-0.2, -0.15) is 0 Å². The van der Waals surface area contributed by atoms with E-state index < -0.39 is 0 Å². The minimum absolute atomic E-state index is 0.0500. The number of nitrogens with one attached hydrogen (secondary N) is 1. The Hall–Kier alpha value is -2.60. The molecule has 1 N–H and O–H groups in total. The predicted molar refractivity (Wildman–Crippen MR) is 105 cm³/mol. The molecule has 2 heterocycles. The van der Waals surface area contributed by atoms with Crippen LogP contribution in [0.4, 0.5) is 4.79 Å². The van der Waals surface area contributed by atoms with Crippen LogP contribution in [0.2, 0.25) is 0 Å². The molecule has 1 fully saturated rings. The van der Waals surface area contributed by atoms with Crippen molar-refractivity contribution >= 4 is 6.03 Å². The number of carbonyl (C=O) groups excluding carboxylic acids is 1. The van der Waals surface area contributed by atoms with Gasteiger partial charge >= 0.3 is 6.03 Å². The summed E-state index contributed by atoms with van der Waals surface area (Å²) in [6.07, 6.45) is 2.89. The van der Waals surface area contributed by atoms with Gasteiger partial charge in [0.2, 0.25) is 0 Å². The van der Waals surface area contributed by atoms with Crippen LogP contribution in [0.25, 0.3) is 0 Å². The summed E-state index contributed by atoms with van der Waals surface area (Å²) in [5, 5.41) is 3.12. The first-order chi connectivity index (χ1) is 13.1. The number of carbonyl (C=O) groups is 1. The van der Waals surface area contributed by atoms with Crippen LogP contribution in [0.3, 0.4) is 0 Å². The average molecular weight is 368 g/mol. The maximum atomic E-state index is 12.9. The zero-order valence-corrected chi connectivity index (χ0v) is 16.1. The number of rotatable bonds is 7. The van der Waals surface area contributed by atoms with E-state index in [-0.39, 0.29) is 6.03 Å². The van der Waals surface area contributed by atoms with Gasteiger partial charge < -0.3 is 19.9 Å². The lowest BCUT2D eigenvalue weighted by molar-refractivity contribution is 0.189. The molecule has 0 unspecified atom stereocenters. The average Bonchev–Trinajstić information content (AvgIpc) is 3.12. The molecular formula is C21H28N4O2. The Balaban J connectivity index is 1.65. The van der Waals surface area contributed by atoms with Crippen LogP contribution in [0.1, 0.15) is 17.7 Å². The summed E-state index contributed by atoms with van der Waals surface area (Å²) >= 11 is 0. The number of methoxy groups -OCH3 is 1. The number of hydrogen-bond donors (Lipinski definition) is 1. The molecule has 1 aromatic heterocycles. The molecule has 1 saturated heterocycles. The third-order valence-corrected chi connectivity index (χ3v) is 4.93. The summed E-state index contributed by atoms with van der Waals surface area (Å²) in [5.74, 6) is 1.33. The van der Waals surface area contributed by atoms with Crippen molar-refractivity contribution in [1.29, 1.82) is 0 Å². The van der Waals surface area contributed by atoms with Gasteiger partial charge in [-0.15, -0.1) is 0 Å². The van der Waals surface area contributed by atoms with E-state index in [1.165, 1.54) is 0 Å². The lowest BCUT2D eigenvalue weighted by Crippen LogP contribution is -2.41. The fourth-order valence-corrected chi connectivity index (χ4v) is 3.37. The first-order valence-electron chi connectivity index (χ1n) is 9.38. The van der Waals surface area contributed by atoms with Crippen molar-refractivity contribution < 1.29 is 9.53 Å². The topological polar surface area (TPSA) is 57.7 Å². The van der Waals surface area contributed by atoms with Crippen LogP contribution in [0.15, 0.2) is 48.7 Å². The van der Waals surface area contributed by atoms with E-state index in [0.29, 0.717) is 25.6 Å². The number of pyridine rings is 1. The molecule has 1 aliphatic rings. The molecule has 0 saturated carbocycles. The Kier molecular flexibility index (Phi) is 6.65. The molecule has 0 radical (unpaired) electrons. The van der Waals surface area contributed by atoms with Gasteiger partial charge in [0.05, 0.1) is 19.3 Å². The molecule has 6 heteroatoms. The van der Waals surface area contributed by atoms with E-state index in [1.807, 2.05) is 47.4 Å². The highest BCUT2D eigenvalue weighted by molar-refractivity contribution is 5.74. The molecule has 0 bridgehead atoms. The first kappa shape index (κ1) is 19.2. The van der Waals surface area contributed by atoms with E-state index in [2.05, 4.69) is 22.2 Å². The predicted octanol–water partition coefficient (Wildman–Crippen LogP) is 2.75. The number of likely N-dealkylation sites (tertiary alicyclic amines) is 1. The molecule has 27 heavy (non-hydrogen) atoms. The van der Waals surface area contributed by atoms with Crippen LogP contribution >= 0.6 is 0 Å². The number of nitrogens with zero attached hydrogens (tertiary/aromatic N) is 3. The molecular weight excluding hydrogens is 340 g/mol. The highest BCUT2D eigenvalue weighted by atomic mass is 16.5. The third-order valence-electron chi connectivity index (χ3n) is 4.93. The van der Waals surface area contributed by atoms with E-state index in [0.717, 1.165) is 36.5 Å². The Morgan fingerprint density at radius 3 is 2.70 bits per heavy atom. The Bertz CT molecular complexity index is 721. The van der Waals surface area contributed by atoms with Crippen LogP contribution in [0.5, 0.6) is 5.75 Å². The highest BCUT2D eigenvalue weighted by Gasteiger charge is 2.21. The Morgan fingerprint density at radius 2 is 2.07 bits per heavy atom. The summed E-state index contributed by atoms with van der Waals surface area (Å²) in [7, 11) is 3.77. The molecule has 6 nitrogen and oxygen atoms in total. The minimum Gasteiger partial charge on any atom is -0.497 e. The van der Waals surface area contributed by atoms with Crippen LogP contribution in [-0.2, 0) is 13.1 Å². The summed E-state index contributed by atoms with van der Waals surface area (Å²) in [6.45, 7) is 3.85. The third kappa shape index (κ3) is 5.69. The van der Waals surface area contributed by atoms with Crippen LogP contribution in [-0.4, -0.2) is 54.6 Å². The van der Waals surface area contributed by atoms with E-state index >= 15 is 0 Å². The molecule has 2 amide bonds. The molecule has 1 atom stereocenters. The highest BCUT2D eigenvalue weighted by Crippen LogP contribution is 2.16. The van der Waals surface area contributed by atoms with Gasteiger partial charge in [0.1, 0.15) is 5.75 Å². The number of ether oxygens (including phenoxy) is 1. The fraction of sp³-hybridized carbons (Fsp3) is 0.429. The quantitative estimate of drug-likeness (QED) is 0.816. The number of hydrogen-bond acceptors (Lipinski definition) is 4. The summed E-state index contributed by atoms with van der Waals surface area (Å²) in [5.41, 5.74) is 1.93. The van der Waals surface area contributed by atoms with Crippen molar-refractivity contribution in [3.8, 4) is 5.75 Å². The zero-order chi connectivity index (χ0) is 19.1. The van der Waals surface area contributed by atoms with Gasteiger partial charge in [-0.25, -0.2) is 4.79 Å². The van der Waals surface area contributed by atoms with E-state index in [9.17, 15) is 4.79 Å². The van der Waals surface area contributed by atoms with Gasteiger partial charge in [0.25, 0.3) is 0 Å². The second-order valence-electron chi connectivity index (χ2n) is 7.13. The molecule has 0 aliphatic carbocycles. The SMILES string of the molecule is COc1ccc(CN(Cc2ccccn2)C(=O)NC[C@@H]2CCN(C)C2)cc1. The normalized spacial score (nSPS) is 16.9. The number of urea groups is 1. The van der Waals surface area contributed by atoms with Gasteiger partial charge in [-0.3, -0.25) is 4.98 Å². The van der Waals surface area contributed by atoms with Crippen molar-refractivity contribution in [2.75, 3.05) is 33.8 Å². The van der Waals surface area contributed by atoms with E-state index in [4.69, 9.17) is 4.74 Å². The van der Waals surface area contributed by atoms with Gasteiger partial charge in [0.15, 0.2) is 0 Å². The largest absolute Gasteiger partial charge is 0.497 e. The molecule has 1 aromatic carbocycles. The molecule has 1 aliphatic heterocycles. The second-order valence-corrected chi connectivity index (χ2v) is 7.13. The number of benzene rings is 1. The van der Waals surface area contributed by atoms with Crippen molar-refractivity contribution in [2.45, 2.75) is 19.5 Å². The van der Waals surface area contributed by atoms with Gasteiger partial charge in [-0.05, 0) is 55.8 Å². The monoisotopic (exact) mass is 368 g/mol. The first-order valence-corrected chi connectivity index (χ1v) is 9.38. The van der Waals surface area contributed by atoms with Crippen molar-refractivity contribution in [3.05, 3.63) is 59.9 Å². The smallest absolute Gasteiger partial charge is 0.318 e. The van der Waals surface area contributed by atoms with Crippen molar-refractivity contribution in [3.63, 3.8) is 0 Å². The molecule has 0 spiro atoms. The molecule has 3 rings (SSSR count). The fourth-order valence-electron chi connectivity index (χ4n) is 3.37. The van der Waals surface area contributed by atoms with Gasteiger partial charge in [-0.1, -0.05) is 18.2 Å².